The van der Waals surface area contributed by atoms with Crippen LogP contribution in [0.5, 0.6) is 5.75 Å². The fraction of sp³-hybridized carbons (Fsp3) is 0.438. The highest BCUT2D eigenvalue weighted by Gasteiger charge is 2.44. The molecule has 1 aliphatic rings. The molecule has 2 aromatic carbocycles. The number of aliphatic hydroxyl groups excluding tert-OH is 1. The van der Waals surface area contributed by atoms with Gasteiger partial charge >= 0.3 is 0 Å². The van der Waals surface area contributed by atoms with Gasteiger partial charge in [-0.15, -0.1) is 11.3 Å². The fourth-order valence-corrected chi connectivity index (χ4v) is 5.91. The van der Waals surface area contributed by atoms with E-state index in [1.54, 1.807) is 18.4 Å². The summed E-state index contributed by atoms with van der Waals surface area (Å²) < 4.78 is 5.26. The number of nitrogens with zero attached hydrogens (tertiary/aromatic N) is 2. The van der Waals surface area contributed by atoms with Gasteiger partial charge in [0.15, 0.2) is 0 Å². The highest BCUT2D eigenvalue weighted by molar-refractivity contribution is 7.13. The molecule has 0 saturated carbocycles. The summed E-state index contributed by atoms with van der Waals surface area (Å²) in [4.78, 5) is 46.8. The number of rotatable bonds is 10. The molecule has 4 rings (SSSR count). The third kappa shape index (κ3) is 7.74. The van der Waals surface area contributed by atoms with E-state index >= 15 is 0 Å². The van der Waals surface area contributed by atoms with Gasteiger partial charge in [-0.3, -0.25) is 14.4 Å². The number of β-amino-alcohol motifs (C(OH)–C–C–N with tert-alkyl or cyclic N) is 1. The van der Waals surface area contributed by atoms with Gasteiger partial charge in [0.05, 0.1) is 29.3 Å². The number of amides is 3. The molecule has 1 fully saturated rings. The Morgan fingerprint density at radius 2 is 1.88 bits per heavy atom. The number of carbonyl (C=O) groups excluding carboxylic acids is 3. The molecule has 3 atom stereocenters. The van der Waals surface area contributed by atoms with E-state index < -0.39 is 23.6 Å². The number of ether oxygens (including phenoxy) is 1. The molecule has 0 radical (unpaired) electrons. The summed E-state index contributed by atoms with van der Waals surface area (Å²) in [6.07, 6.45) is 0.00532. The van der Waals surface area contributed by atoms with Crippen LogP contribution < -0.4 is 15.4 Å². The number of hydrogen-bond acceptors (Lipinski definition) is 7. The lowest BCUT2D eigenvalue weighted by molar-refractivity contribution is -0.144. The van der Waals surface area contributed by atoms with Crippen molar-refractivity contribution in [2.45, 2.75) is 71.7 Å². The van der Waals surface area contributed by atoms with Gasteiger partial charge in [0, 0.05) is 25.9 Å². The van der Waals surface area contributed by atoms with Crippen LogP contribution in [0.15, 0.2) is 54.0 Å². The Morgan fingerprint density at radius 3 is 2.52 bits per heavy atom. The number of aromatic nitrogens is 1. The maximum absolute atomic E-state index is 13.8. The van der Waals surface area contributed by atoms with E-state index in [4.69, 9.17) is 4.74 Å². The van der Waals surface area contributed by atoms with Crippen LogP contribution in [0, 0.1) is 12.3 Å². The molecule has 0 unspecified atom stereocenters. The molecule has 42 heavy (non-hydrogen) atoms. The van der Waals surface area contributed by atoms with Gasteiger partial charge in [-0.25, -0.2) is 4.98 Å². The lowest BCUT2D eigenvalue weighted by atomic mass is 9.85. The molecule has 1 aromatic heterocycles. The Morgan fingerprint density at radius 1 is 1.14 bits per heavy atom. The third-order valence-corrected chi connectivity index (χ3v) is 8.46. The van der Waals surface area contributed by atoms with Crippen molar-refractivity contribution in [1.29, 1.82) is 0 Å². The van der Waals surface area contributed by atoms with E-state index in [9.17, 15) is 19.5 Å². The van der Waals surface area contributed by atoms with Crippen LogP contribution in [0.4, 0.5) is 0 Å². The van der Waals surface area contributed by atoms with Crippen molar-refractivity contribution in [3.63, 3.8) is 0 Å². The number of thiazole rings is 1. The first kappa shape index (κ1) is 31.2. The molecule has 3 aromatic rings. The van der Waals surface area contributed by atoms with Crippen LogP contribution >= 0.6 is 11.3 Å². The first-order valence-corrected chi connectivity index (χ1v) is 15.0. The quantitative estimate of drug-likeness (QED) is 0.329. The van der Waals surface area contributed by atoms with Crippen molar-refractivity contribution in [2.24, 2.45) is 5.41 Å². The average Bonchev–Trinajstić information content (AvgIpc) is 3.58. The summed E-state index contributed by atoms with van der Waals surface area (Å²) >= 11 is 1.58. The van der Waals surface area contributed by atoms with E-state index in [1.807, 2.05) is 81.7 Å². The molecule has 0 bridgehead atoms. The standard InChI is InChI=1S/C32H40N4O5S/c1-20-28(42-19-34-20)23-12-9-22(10-13-23)17-33-30(39)26-16-24(37)18-36(26)31(40)29(32(2,3)4)35-27(38)14-11-21-7-6-8-25(15-21)41-5/h6-10,12-13,15,19,24,26,29,37H,11,14,16-18H2,1-5H3,(H,33,39)(H,35,38)/t24-,26+,29-/m1/s1. The number of hydrogen-bond donors (Lipinski definition) is 3. The zero-order valence-electron chi connectivity index (χ0n) is 24.8. The minimum Gasteiger partial charge on any atom is -0.497 e. The summed E-state index contributed by atoms with van der Waals surface area (Å²) in [6, 6.07) is 13.7. The van der Waals surface area contributed by atoms with Gasteiger partial charge in [0.25, 0.3) is 0 Å². The number of carbonyl (C=O) groups is 3. The van der Waals surface area contributed by atoms with Crippen LogP contribution in [0.1, 0.15) is 50.4 Å². The van der Waals surface area contributed by atoms with Crippen molar-refractivity contribution in [1.82, 2.24) is 20.5 Å². The third-order valence-electron chi connectivity index (χ3n) is 7.49. The van der Waals surface area contributed by atoms with E-state index in [1.165, 1.54) is 4.90 Å². The van der Waals surface area contributed by atoms with Crippen molar-refractivity contribution in [3.8, 4) is 16.2 Å². The van der Waals surface area contributed by atoms with Gasteiger partial charge in [0.2, 0.25) is 17.7 Å². The molecule has 0 aliphatic carbocycles. The zero-order valence-corrected chi connectivity index (χ0v) is 25.7. The van der Waals surface area contributed by atoms with Gasteiger partial charge in [-0.05, 0) is 47.6 Å². The first-order valence-electron chi connectivity index (χ1n) is 14.1. The molecule has 0 spiro atoms. The lowest BCUT2D eigenvalue weighted by Crippen LogP contribution is -2.57. The Labute approximate surface area is 251 Å². The van der Waals surface area contributed by atoms with Crippen LogP contribution in [0.25, 0.3) is 10.4 Å². The van der Waals surface area contributed by atoms with Gasteiger partial charge < -0.3 is 25.4 Å². The zero-order chi connectivity index (χ0) is 30.4. The second kappa shape index (κ2) is 13.5. The molecule has 2 heterocycles. The maximum atomic E-state index is 13.8. The highest BCUT2D eigenvalue weighted by atomic mass is 32.1. The molecule has 224 valence electrons. The van der Waals surface area contributed by atoms with Gasteiger partial charge in [-0.1, -0.05) is 57.2 Å². The number of aliphatic hydroxyl groups is 1. The van der Waals surface area contributed by atoms with Crippen LogP contribution in [-0.4, -0.2) is 64.6 Å². The minimum atomic E-state index is -0.862. The predicted octanol–water partition coefficient (Wildman–Crippen LogP) is 3.87. The number of methoxy groups -OCH3 is 1. The highest BCUT2D eigenvalue weighted by Crippen LogP contribution is 2.28. The molecule has 9 nitrogen and oxygen atoms in total. The molecule has 1 saturated heterocycles. The lowest BCUT2D eigenvalue weighted by Gasteiger charge is -2.35. The van der Waals surface area contributed by atoms with E-state index in [-0.39, 0.29) is 37.1 Å². The molecular formula is C32H40N4O5S. The summed E-state index contributed by atoms with van der Waals surface area (Å²) in [5, 5.41) is 16.3. The molecule has 3 amide bonds. The number of benzene rings is 2. The largest absolute Gasteiger partial charge is 0.497 e. The monoisotopic (exact) mass is 592 g/mol. The van der Waals surface area contributed by atoms with Crippen molar-refractivity contribution in [2.75, 3.05) is 13.7 Å². The summed E-state index contributed by atoms with van der Waals surface area (Å²) in [6.45, 7) is 7.91. The molecule has 10 heteroatoms. The first-order chi connectivity index (χ1) is 20.0. The fourth-order valence-electron chi connectivity index (χ4n) is 5.10. The molecular weight excluding hydrogens is 552 g/mol. The summed E-state index contributed by atoms with van der Waals surface area (Å²) in [5.74, 6) is -0.253. The van der Waals surface area contributed by atoms with Gasteiger partial charge in [0.1, 0.15) is 17.8 Å². The van der Waals surface area contributed by atoms with Crippen LogP contribution in [-0.2, 0) is 27.3 Å². The Hall–Kier alpha value is -3.76. The number of aryl methyl sites for hydroxylation is 2. The van der Waals surface area contributed by atoms with E-state index in [0.717, 1.165) is 33.0 Å². The van der Waals surface area contributed by atoms with Crippen LogP contribution in [0.3, 0.4) is 0 Å². The predicted molar refractivity (Wildman–Crippen MR) is 163 cm³/mol. The van der Waals surface area contributed by atoms with Gasteiger partial charge in [-0.2, -0.15) is 0 Å². The Bertz CT molecular complexity index is 1400. The average molecular weight is 593 g/mol. The number of nitrogens with one attached hydrogen (secondary N) is 2. The molecule has 1 aliphatic heterocycles. The second-order valence-electron chi connectivity index (χ2n) is 11.8. The minimum absolute atomic E-state index is 0.0338. The SMILES string of the molecule is COc1cccc(CCC(=O)N[C@H](C(=O)N2C[C@H](O)C[C@H]2C(=O)NCc2ccc(-c3scnc3C)cc2)C(C)(C)C)c1. The normalized spacial score (nSPS) is 17.5. The second-order valence-corrected chi connectivity index (χ2v) is 12.7. The van der Waals surface area contributed by atoms with Crippen molar-refractivity contribution >= 4 is 29.1 Å². The Balaban J connectivity index is 1.38. The van der Waals surface area contributed by atoms with Crippen molar-refractivity contribution < 1.29 is 24.2 Å². The smallest absolute Gasteiger partial charge is 0.246 e. The number of likely N-dealkylation sites (tertiary alicyclic amines) is 1. The van der Waals surface area contributed by atoms with E-state index in [0.29, 0.717) is 13.0 Å². The molecule has 3 N–H and O–H groups in total. The van der Waals surface area contributed by atoms with Crippen molar-refractivity contribution in [3.05, 3.63) is 70.9 Å². The maximum Gasteiger partial charge on any atom is 0.246 e. The topological polar surface area (TPSA) is 121 Å². The summed E-state index contributed by atoms with van der Waals surface area (Å²) in [5.41, 5.74) is 5.12. The van der Waals surface area contributed by atoms with E-state index in [2.05, 4.69) is 15.6 Å². The summed E-state index contributed by atoms with van der Waals surface area (Å²) in [7, 11) is 1.59. The Kier molecular flexibility index (Phi) is 10.0. The van der Waals surface area contributed by atoms with Crippen LogP contribution in [0.2, 0.25) is 0 Å².